The number of aryl methyl sites for hydroxylation is 3. The molecule has 0 saturated heterocycles. The van der Waals surface area contributed by atoms with Gasteiger partial charge < -0.3 is 10.6 Å². The van der Waals surface area contributed by atoms with Crippen molar-refractivity contribution in [2.24, 2.45) is 0 Å². The van der Waals surface area contributed by atoms with Gasteiger partial charge in [-0.25, -0.2) is 0 Å². The minimum Gasteiger partial charge on any atom is -0.352 e. The van der Waals surface area contributed by atoms with Gasteiger partial charge in [0.2, 0.25) is 0 Å². The Bertz CT molecular complexity index is 987. The summed E-state index contributed by atoms with van der Waals surface area (Å²) in [4.78, 5) is 12.9. The molecule has 3 aromatic rings. The predicted octanol–water partition coefficient (Wildman–Crippen LogP) is 5.14. The van der Waals surface area contributed by atoms with Gasteiger partial charge in [0.15, 0.2) is 0 Å². The summed E-state index contributed by atoms with van der Waals surface area (Å²) in [5.74, 6) is -0.0336. The minimum atomic E-state index is -0.247. The Hall–Kier alpha value is -2.60. The Balaban J connectivity index is 1.60. The molecule has 146 valence electrons. The van der Waals surface area contributed by atoms with Gasteiger partial charge >= 0.3 is 0 Å². The number of hydrogen-bond acceptors (Lipinski definition) is 4. The lowest BCUT2D eigenvalue weighted by molar-refractivity contribution is 0.0937. The quantitative estimate of drug-likeness (QED) is 0.609. The summed E-state index contributed by atoms with van der Waals surface area (Å²) >= 11 is 1.59. The van der Waals surface area contributed by atoms with Gasteiger partial charge in [-0.1, -0.05) is 37.6 Å². The first-order chi connectivity index (χ1) is 13.6. The number of aromatic nitrogens is 2. The maximum absolute atomic E-state index is 12.9. The third-order valence-corrected chi connectivity index (χ3v) is 6.18. The number of carbonyl (C=O) groups is 1. The highest BCUT2D eigenvalue weighted by molar-refractivity contribution is 7.15. The Morgan fingerprint density at radius 3 is 2.64 bits per heavy atom. The molecular formula is C22H26N4OS. The fourth-order valence-corrected chi connectivity index (χ4v) is 4.63. The van der Waals surface area contributed by atoms with Gasteiger partial charge in [0.25, 0.3) is 5.91 Å². The number of benzene rings is 1. The van der Waals surface area contributed by atoms with E-state index in [-0.39, 0.29) is 12.1 Å². The zero-order chi connectivity index (χ0) is 19.7. The van der Waals surface area contributed by atoms with Crippen molar-refractivity contribution in [2.75, 3.05) is 5.32 Å². The van der Waals surface area contributed by atoms with Crippen LogP contribution in [0.4, 0.5) is 5.00 Å². The highest BCUT2D eigenvalue weighted by Crippen LogP contribution is 2.40. The summed E-state index contributed by atoms with van der Waals surface area (Å²) in [6, 6.07) is 8.60. The lowest BCUT2D eigenvalue weighted by Crippen LogP contribution is -2.38. The molecule has 0 radical (unpaired) electrons. The van der Waals surface area contributed by atoms with Crippen molar-refractivity contribution in [3.63, 3.8) is 0 Å². The van der Waals surface area contributed by atoms with Crippen LogP contribution in [-0.4, -0.2) is 15.7 Å². The fraction of sp³-hybridized carbons (Fsp3) is 0.364. The Labute approximate surface area is 169 Å². The second-order valence-electron chi connectivity index (χ2n) is 7.23. The van der Waals surface area contributed by atoms with Gasteiger partial charge in [-0.2, -0.15) is 5.10 Å². The maximum Gasteiger partial charge on any atom is 0.256 e. The van der Waals surface area contributed by atoms with Crippen LogP contribution in [0.3, 0.4) is 0 Å². The highest BCUT2D eigenvalue weighted by atomic mass is 32.1. The molecule has 0 saturated carbocycles. The molecule has 1 atom stereocenters. The highest BCUT2D eigenvalue weighted by Gasteiger charge is 2.30. The van der Waals surface area contributed by atoms with Crippen LogP contribution in [0.15, 0.2) is 35.8 Å². The number of hydrogen-bond donors (Lipinski definition) is 2. The van der Waals surface area contributed by atoms with Crippen LogP contribution in [-0.2, 0) is 13.0 Å². The van der Waals surface area contributed by atoms with Crippen LogP contribution in [0.2, 0.25) is 0 Å². The number of nitrogens with one attached hydrogen (secondary N) is 2. The smallest absolute Gasteiger partial charge is 0.256 e. The van der Waals surface area contributed by atoms with E-state index in [9.17, 15) is 4.79 Å². The second-order valence-corrected chi connectivity index (χ2v) is 8.11. The van der Waals surface area contributed by atoms with E-state index in [1.165, 1.54) is 18.4 Å². The standard InChI is InChI=1S/C22H26N4OS/c1-4-6-7-15-8-10-16(11-9-15)18-13-28-22-19(18)21(27)23-20(24-22)17-12-26(5-2)25-14(17)3/h8-13,20,24H,4-7H2,1-3H3,(H,23,27). The second kappa shape index (κ2) is 7.80. The molecule has 2 aromatic heterocycles. The minimum absolute atomic E-state index is 0.0336. The number of fused-ring (bicyclic) bond motifs is 1. The molecule has 2 N–H and O–H groups in total. The zero-order valence-corrected chi connectivity index (χ0v) is 17.4. The lowest BCUT2D eigenvalue weighted by Gasteiger charge is -2.26. The molecule has 1 aliphatic rings. The van der Waals surface area contributed by atoms with E-state index in [1.54, 1.807) is 11.3 Å². The molecule has 1 amide bonds. The average molecular weight is 395 g/mol. The molecular weight excluding hydrogens is 368 g/mol. The Kier molecular flexibility index (Phi) is 5.22. The van der Waals surface area contributed by atoms with Gasteiger partial charge in [0, 0.05) is 29.2 Å². The van der Waals surface area contributed by atoms with E-state index in [0.717, 1.165) is 45.9 Å². The molecule has 0 aliphatic carbocycles. The normalized spacial score (nSPS) is 15.8. The number of thiophene rings is 1. The molecule has 0 fully saturated rings. The average Bonchev–Trinajstić information content (AvgIpc) is 3.30. The molecule has 0 spiro atoms. The van der Waals surface area contributed by atoms with E-state index in [4.69, 9.17) is 0 Å². The van der Waals surface area contributed by atoms with Gasteiger partial charge in [-0.05, 0) is 37.8 Å². The lowest BCUT2D eigenvalue weighted by atomic mass is 9.99. The Morgan fingerprint density at radius 1 is 1.18 bits per heavy atom. The third kappa shape index (κ3) is 3.44. The number of nitrogens with zero attached hydrogens (tertiary/aromatic N) is 2. The van der Waals surface area contributed by atoms with E-state index in [1.807, 2.05) is 17.8 Å². The van der Waals surface area contributed by atoms with Crippen molar-refractivity contribution in [3.05, 3.63) is 58.2 Å². The molecule has 3 heterocycles. The number of unbranched alkanes of at least 4 members (excludes halogenated alkanes) is 1. The van der Waals surface area contributed by atoms with Crippen molar-refractivity contribution in [1.29, 1.82) is 0 Å². The number of anilines is 1. The SMILES string of the molecule is CCCCc1ccc(-c2csc3c2C(=O)NC(c2cn(CC)nc2C)N3)cc1. The van der Waals surface area contributed by atoms with Crippen LogP contribution in [0, 0.1) is 6.92 Å². The summed E-state index contributed by atoms with van der Waals surface area (Å²) in [6.07, 6.45) is 5.26. The van der Waals surface area contributed by atoms with Gasteiger partial charge in [-0.15, -0.1) is 11.3 Å². The van der Waals surface area contributed by atoms with Crippen molar-refractivity contribution in [2.45, 2.75) is 52.7 Å². The van der Waals surface area contributed by atoms with Crippen LogP contribution in [0.1, 0.15) is 60.0 Å². The molecule has 1 aliphatic heterocycles. The van der Waals surface area contributed by atoms with Gasteiger partial charge in [-0.3, -0.25) is 9.48 Å². The first-order valence-electron chi connectivity index (χ1n) is 9.92. The molecule has 1 aromatic carbocycles. The van der Waals surface area contributed by atoms with Gasteiger partial charge in [0.1, 0.15) is 11.2 Å². The molecule has 28 heavy (non-hydrogen) atoms. The molecule has 1 unspecified atom stereocenters. The van der Waals surface area contributed by atoms with Crippen molar-refractivity contribution in [1.82, 2.24) is 15.1 Å². The van der Waals surface area contributed by atoms with Crippen molar-refractivity contribution < 1.29 is 4.79 Å². The zero-order valence-electron chi connectivity index (χ0n) is 16.6. The predicted molar refractivity (Wildman–Crippen MR) is 115 cm³/mol. The topological polar surface area (TPSA) is 59.0 Å². The van der Waals surface area contributed by atoms with E-state index in [0.29, 0.717) is 0 Å². The maximum atomic E-state index is 12.9. The van der Waals surface area contributed by atoms with Crippen LogP contribution in [0.5, 0.6) is 0 Å². The van der Waals surface area contributed by atoms with Crippen molar-refractivity contribution >= 4 is 22.2 Å². The number of carbonyl (C=O) groups excluding carboxylic acids is 1. The largest absolute Gasteiger partial charge is 0.352 e. The van der Waals surface area contributed by atoms with Crippen LogP contribution < -0.4 is 10.6 Å². The summed E-state index contributed by atoms with van der Waals surface area (Å²) in [7, 11) is 0. The van der Waals surface area contributed by atoms with E-state index < -0.39 is 0 Å². The molecule has 0 bridgehead atoms. The fourth-order valence-electron chi connectivity index (χ4n) is 3.64. The van der Waals surface area contributed by atoms with E-state index >= 15 is 0 Å². The van der Waals surface area contributed by atoms with Crippen LogP contribution in [0.25, 0.3) is 11.1 Å². The third-order valence-electron chi connectivity index (χ3n) is 5.27. The number of rotatable bonds is 6. The van der Waals surface area contributed by atoms with Gasteiger partial charge in [0.05, 0.1) is 11.3 Å². The summed E-state index contributed by atoms with van der Waals surface area (Å²) in [6.45, 7) is 7.05. The summed E-state index contributed by atoms with van der Waals surface area (Å²) < 4.78 is 1.90. The first kappa shape index (κ1) is 18.7. The summed E-state index contributed by atoms with van der Waals surface area (Å²) in [5, 5.41) is 14.1. The van der Waals surface area contributed by atoms with Crippen molar-refractivity contribution in [3.8, 4) is 11.1 Å². The molecule has 6 heteroatoms. The summed E-state index contributed by atoms with van der Waals surface area (Å²) in [5.41, 5.74) is 6.11. The molecule has 4 rings (SSSR count). The first-order valence-corrected chi connectivity index (χ1v) is 10.8. The van der Waals surface area contributed by atoms with E-state index in [2.05, 4.69) is 59.2 Å². The molecule has 5 nitrogen and oxygen atoms in total. The monoisotopic (exact) mass is 394 g/mol. The number of amides is 1. The van der Waals surface area contributed by atoms with Crippen LogP contribution >= 0.6 is 11.3 Å². The Morgan fingerprint density at radius 2 is 1.96 bits per heavy atom.